The molecule has 0 spiro atoms. The maximum Gasteiger partial charge on any atom is 0.0432 e. The van der Waals surface area contributed by atoms with Crippen LogP contribution in [0.2, 0.25) is 0 Å². The molecule has 0 radical (unpaired) electrons. The molecule has 60 valence electrons. The van der Waals surface area contributed by atoms with Crippen LogP contribution in [0.15, 0.2) is 24.4 Å². The van der Waals surface area contributed by atoms with Gasteiger partial charge in [0.15, 0.2) is 0 Å². The summed E-state index contributed by atoms with van der Waals surface area (Å²) in [5, 5.41) is 1.05. The van der Waals surface area contributed by atoms with Crippen LogP contribution in [0.1, 0.15) is 25.0 Å². The van der Waals surface area contributed by atoms with E-state index >= 15 is 0 Å². The predicted octanol–water partition coefficient (Wildman–Crippen LogP) is 2.97. The van der Waals surface area contributed by atoms with E-state index in [1.807, 2.05) is 18.3 Å². The molecule has 0 aliphatic carbocycles. The second-order valence-corrected chi connectivity index (χ2v) is 3.43. The highest BCUT2D eigenvalue weighted by Crippen LogP contribution is 2.16. The van der Waals surface area contributed by atoms with Crippen molar-refractivity contribution in [2.45, 2.75) is 19.3 Å². The fraction of sp³-hybridized carbons (Fsp3) is 0.444. The summed E-state index contributed by atoms with van der Waals surface area (Å²) in [6, 6.07) is 6.06. The first-order chi connectivity index (χ1) is 5.34. The molecule has 0 saturated heterocycles. The number of hydrogen-bond acceptors (Lipinski definition) is 1. The van der Waals surface area contributed by atoms with Crippen molar-refractivity contribution in [3.63, 3.8) is 0 Å². The fourth-order valence-electron chi connectivity index (χ4n) is 0.979. The van der Waals surface area contributed by atoms with Gasteiger partial charge in [-0.1, -0.05) is 28.9 Å². The maximum atomic E-state index is 4.28. The molecule has 0 fully saturated rings. The third-order valence-electron chi connectivity index (χ3n) is 1.73. The van der Waals surface area contributed by atoms with Crippen LogP contribution >= 0.6 is 15.9 Å². The van der Waals surface area contributed by atoms with E-state index in [-0.39, 0.29) is 0 Å². The largest absolute Gasteiger partial charge is 0.261 e. The molecule has 0 saturated carbocycles. The van der Waals surface area contributed by atoms with Crippen LogP contribution in [-0.2, 0) is 0 Å². The molecule has 0 aromatic carbocycles. The third-order valence-corrected chi connectivity index (χ3v) is 2.19. The minimum Gasteiger partial charge on any atom is -0.261 e. The van der Waals surface area contributed by atoms with Crippen molar-refractivity contribution in [3.8, 4) is 0 Å². The van der Waals surface area contributed by atoms with Crippen molar-refractivity contribution in [1.29, 1.82) is 0 Å². The highest BCUT2D eigenvalue weighted by Gasteiger charge is 2.03. The Morgan fingerprint density at radius 3 is 2.91 bits per heavy atom. The quantitative estimate of drug-likeness (QED) is 0.705. The minimum atomic E-state index is 0.565. The van der Waals surface area contributed by atoms with Gasteiger partial charge in [-0.15, -0.1) is 0 Å². The standard InChI is InChI=1S/C9H12BrN/c1-8(5-6-10)9-4-2-3-7-11-9/h2-4,7-8H,5-6H2,1H3. The highest BCUT2D eigenvalue weighted by molar-refractivity contribution is 9.09. The molecule has 0 aliphatic heterocycles. The van der Waals surface area contributed by atoms with Crippen molar-refractivity contribution in [2.24, 2.45) is 0 Å². The summed E-state index contributed by atoms with van der Waals surface area (Å²) in [6.07, 6.45) is 3.00. The van der Waals surface area contributed by atoms with Gasteiger partial charge in [0.1, 0.15) is 0 Å². The monoisotopic (exact) mass is 213 g/mol. The fourth-order valence-corrected chi connectivity index (χ4v) is 1.67. The molecule has 1 rings (SSSR count). The first-order valence-electron chi connectivity index (χ1n) is 3.81. The molecule has 0 aliphatic rings. The van der Waals surface area contributed by atoms with Crippen molar-refractivity contribution in [3.05, 3.63) is 30.1 Å². The Morgan fingerprint density at radius 2 is 2.36 bits per heavy atom. The van der Waals surface area contributed by atoms with E-state index in [1.54, 1.807) is 0 Å². The molecular weight excluding hydrogens is 202 g/mol. The number of alkyl halides is 1. The lowest BCUT2D eigenvalue weighted by molar-refractivity contribution is 0.717. The second-order valence-electron chi connectivity index (χ2n) is 2.63. The van der Waals surface area contributed by atoms with E-state index in [4.69, 9.17) is 0 Å². The number of aromatic nitrogens is 1. The van der Waals surface area contributed by atoms with Crippen LogP contribution in [0, 0.1) is 0 Å². The Hall–Kier alpha value is -0.370. The maximum absolute atomic E-state index is 4.28. The lowest BCUT2D eigenvalue weighted by Gasteiger charge is -2.07. The van der Waals surface area contributed by atoms with Crippen LogP contribution in [0.5, 0.6) is 0 Å². The molecule has 0 amide bonds. The SMILES string of the molecule is CC(CCBr)c1ccccn1. The lowest BCUT2D eigenvalue weighted by atomic mass is 10.1. The van der Waals surface area contributed by atoms with E-state index in [9.17, 15) is 0 Å². The van der Waals surface area contributed by atoms with Gasteiger partial charge in [-0.3, -0.25) is 4.98 Å². The summed E-state index contributed by atoms with van der Waals surface area (Å²) in [7, 11) is 0. The van der Waals surface area contributed by atoms with Gasteiger partial charge in [0.25, 0.3) is 0 Å². The Kier molecular flexibility index (Phi) is 3.57. The van der Waals surface area contributed by atoms with Crippen molar-refractivity contribution in [2.75, 3.05) is 5.33 Å². The van der Waals surface area contributed by atoms with Crippen LogP contribution in [0.4, 0.5) is 0 Å². The van der Waals surface area contributed by atoms with E-state index < -0.39 is 0 Å². The zero-order valence-electron chi connectivity index (χ0n) is 6.63. The Morgan fingerprint density at radius 1 is 1.55 bits per heavy atom. The first-order valence-corrected chi connectivity index (χ1v) is 4.93. The van der Waals surface area contributed by atoms with Crippen molar-refractivity contribution in [1.82, 2.24) is 4.98 Å². The molecule has 0 bridgehead atoms. The Balaban J connectivity index is 2.61. The van der Waals surface area contributed by atoms with Gasteiger partial charge in [0.05, 0.1) is 0 Å². The van der Waals surface area contributed by atoms with Gasteiger partial charge < -0.3 is 0 Å². The zero-order chi connectivity index (χ0) is 8.10. The summed E-state index contributed by atoms with van der Waals surface area (Å²) in [6.45, 7) is 2.20. The summed E-state index contributed by atoms with van der Waals surface area (Å²) in [5.74, 6) is 0.565. The van der Waals surface area contributed by atoms with E-state index in [0.29, 0.717) is 5.92 Å². The summed E-state index contributed by atoms with van der Waals surface area (Å²) in [4.78, 5) is 4.28. The predicted molar refractivity (Wildman–Crippen MR) is 51.1 cm³/mol. The smallest absolute Gasteiger partial charge is 0.0432 e. The Labute approximate surface area is 76.0 Å². The van der Waals surface area contributed by atoms with Crippen molar-refractivity contribution >= 4 is 15.9 Å². The van der Waals surface area contributed by atoms with Crippen LogP contribution in [0.3, 0.4) is 0 Å². The molecule has 1 aromatic rings. The molecule has 1 atom stereocenters. The molecule has 1 aromatic heterocycles. The zero-order valence-corrected chi connectivity index (χ0v) is 8.21. The van der Waals surface area contributed by atoms with Gasteiger partial charge in [0, 0.05) is 17.2 Å². The molecule has 1 nitrogen and oxygen atoms in total. The van der Waals surface area contributed by atoms with Crippen molar-refractivity contribution < 1.29 is 0 Å². The van der Waals surface area contributed by atoms with Crippen LogP contribution < -0.4 is 0 Å². The number of nitrogens with zero attached hydrogens (tertiary/aromatic N) is 1. The normalized spacial score (nSPS) is 12.9. The molecule has 0 N–H and O–H groups in total. The summed E-state index contributed by atoms with van der Waals surface area (Å²) >= 11 is 3.42. The second kappa shape index (κ2) is 4.50. The summed E-state index contributed by atoms with van der Waals surface area (Å²) in [5.41, 5.74) is 1.19. The van der Waals surface area contributed by atoms with E-state index in [1.165, 1.54) is 5.69 Å². The number of hydrogen-bond donors (Lipinski definition) is 0. The van der Waals surface area contributed by atoms with Gasteiger partial charge in [-0.2, -0.15) is 0 Å². The molecule has 11 heavy (non-hydrogen) atoms. The molecule has 1 unspecified atom stereocenters. The molecule has 2 heteroatoms. The minimum absolute atomic E-state index is 0.565. The summed E-state index contributed by atoms with van der Waals surface area (Å²) < 4.78 is 0. The topological polar surface area (TPSA) is 12.9 Å². The van der Waals surface area contributed by atoms with Gasteiger partial charge in [-0.05, 0) is 24.5 Å². The number of pyridine rings is 1. The van der Waals surface area contributed by atoms with Gasteiger partial charge >= 0.3 is 0 Å². The molecular formula is C9H12BrN. The van der Waals surface area contributed by atoms with E-state index in [2.05, 4.69) is 33.9 Å². The molecule has 1 heterocycles. The average molecular weight is 214 g/mol. The highest BCUT2D eigenvalue weighted by atomic mass is 79.9. The number of halogens is 1. The van der Waals surface area contributed by atoms with Crippen LogP contribution in [0.25, 0.3) is 0 Å². The first kappa shape index (κ1) is 8.72. The number of rotatable bonds is 3. The van der Waals surface area contributed by atoms with Crippen LogP contribution in [-0.4, -0.2) is 10.3 Å². The van der Waals surface area contributed by atoms with Gasteiger partial charge in [-0.25, -0.2) is 0 Å². The lowest BCUT2D eigenvalue weighted by Crippen LogP contribution is -1.96. The Bertz CT molecular complexity index is 198. The third kappa shape index (κ3) is 2.62. The van der Waals surface area contributed by atoms with Gasteiger partial charge in [0.2, 0.25) is 0 Å². The average Bonchev–Trinajstić information content (AvgIpc) is 2.07. The van der Waals surface area contributed by atoms with E-state index in [0.717, 1.165) is 11.8 Å².